The summed E-state index contributed by atoms with van der Waals surface area (Å²) < 4.78 is 0.530. The Balaban J connectivity index is 1.99. The predicted molar refractivity (Wildman–Crippen MR) is 76.5 cm³/mol. The molecule has 98 valence electrons. The highest BCUT2D eigenvalue weighted by atomic mass is 79.9. The van der Waals surface area contributed by atoms with E-state index in [1.807, 2.05) is 30.3 Å². The number of nitrogens with one attached hydrogen (secondary N) is 1. The van der Waals surface area contributed by atoms with Gasteiger partial charge in [0.2, 0.25) is 5.91 Å². The average Bonchev–Trinajstić information content (AvgIpc) is 2.42. The monoisotopic (exact) mass is 320 g/mol. The number of amides is 1. The second-order valence-electron chi connectivity index (χ2n) is 4.01. The van der Waals surface area contributed by atoms with Crippen LogP contribution in [-0.4, -0.2) is 21.9 Å². The first-order chi connectivity index (χ1) is 9.16. The van der Waals surface area contributed by atoms with Crippen LogP contribution in [0.25, 0.3) is 0 Å². The van der Waals surface area contributed by atoms with E-state index < -0.39 is 6.04 Å². The lowest BCUT2D eigenvalue weighted by Gasteiger charge is -2.12. The number of aromatic nitrogens is 2. The molecule has 0 spiro atoms. The summed E-state index contributed by atoms with van der Waals surface area (Å²) in [6.07, 6.45) is 3.39. The molecule has 0 fully saturated rings. The highest BCUT2D eigenvalue weighted by Crippen LogP contribution is 2.17. The number of anilines is 1. The fourth-order valence-corrected chi connectivity index (χ4v) is 1.88. The maximum Gasteiger partial charge on any atom is 0.241 e. The fourth-order valence-electron chi connectivity index (χ4n) is 1.58. The quantitative estimate of drug-likeness (QED) is 0.841. The minimum absolute atomic E-state index is 0.264. The van der Waals surface area contributed by atoms with E-state index in [4.69, 9.17) is 5.73 Å². The summed E-state index contributed by atoms with van der Waals surface area (Å²) in [6.45, 7) is 0. The Hall–Kier alpha value is -1.79. The standard InChI is InChI=1S/C13H13BrN4O/c14-12-11(7-16-8-17-12)18-13(19)10(15)6-9-4-2-1-3-5-9/h1-5,7-8,10H,6,15H2,(H,18,19)/t10-/m1/s1. The highest BCUT2D eigenvalue weighted by Gasteiger charge is 2.15. The number of carbonyl (C=O) groups is 1. The predicted octanol–water partition coefficient (Wildman–Crippen LogP) is 1.75. The van der Waals surface area contributed by atoms with Gasteiger partial charge in [0.25, 0.3) is 0 Å². The van der Waals surface area contributed by atoms with E-state index in [9.17, 15) is 4.79 Å². The first-order valence-electron chi connectivity index (χ1n) is 5.72. The number of hydrogen-bond acceptors (Lipinski definition) is 4. The molecule has 1 amide bonds. The average molecular weight is 321 g/mol. The van der Waals surface area contributed by atoms with Crippen molar-refractivity contribution in [3.63, 3.8) is 0 Å². The van der Waals surface area contributed by atoms with Crippen molar-refractivity contribution in [3.8, 4) is 0 Å². The van der Waals surface area contributed by atoms with E-state index in [0.717, 1.165) is 5.56 Å². The zero-order chi connectivity index (χ0) is 13.7. The topological polar surface area (TPSA) is 80.9 Å². The van der Waals surface area contributed by atoms with Gasteiger partial charge in [-0.25, -0.2) is 9.97 Å². The molecule has 0 aliphatic heterocycles. The fraction of sp³-hybridized carbons (Fsp3) is 0.154. The van der Waals surface area contributed by atoms with Crippen molar-refractivity contribution in [1.82, 2.24) is 9.97 Å². The maximum atomic E-state index is 12.0. The first-order valence-corrected chi connectivity index (χ1v) is 6.52. The Bertz CT molecular complexity index is 562. The second kappa shape index (κ2) is 6.40. The van der Waals surface area contributed by atoms with Crippen LogP contribution >= 0.6 is 15.9 Å². The Morgan fingerprint density at radius 2 is 2.11 bits per heavy atom. The Kier molecular flexibility index (Phi) is 4.59. The van der Waals surface area contributed by atoms with Crippen LogP contribution in [0.1, 0.15) is 5.56 Å². The van der Waals surface area contributed by atoms with Gasteiger partial charge in [0.1, 0.15) is 10.9 Å². The third-order valence-electron chi connectivity index (χ3n) is 2.56. The first kappa shape index (κ1) is 13.6. The van der Waals surface area contributed by atoms with Gasteiger partial charge in [-0.3, -0.25) is 4.79 Å². The molecule has 0 aliphatic rings. The highest BCUT2D eigenvalue weighted by molar-refractivity contribution is 9.10. The molecular formula is C13H13BrN4O. The maximum absolute atomic E-state index is 12.0. The Morgan fingerprint density at radius 3 is 2.79 bits per heavy atom. The summed E-state index contributed by atoms with van der Waals surface area (Å²) in [7, 11) is 0. The summed E-state index contributed by atoms with van der Waals surface area (Å²) in [5.74, 6) is -0.264. The lowest BCUT2D eigenvalue weighted by atomic mass is 10.1. The summed E-state index contributed by atoms with van der Waals surface area (Å²) in [5.41, 5.74) is 7.41. The van der Waals surface area contributed by atoms with Gasteiger partial charge < -0.3 is 11.1 Å². The minimum atomic E-state index is -0.616. The zero-order valence-electron chi connectivity index (χ0n) is 10.1. The van der Waals surface area contributed by atoms with Gasteiger partial charge in [0, 0.05) is 0 Å². The molecule has 2 aromatic rings. The molecule has 1 heterocycles. The van der Waals surface area contributed by atoms with Gasteiger partial charge in [-0.2, -0.15) is 0 Å². The molecule has 19 heavy (non-hydrogen) atoms. The molecule has 0 unspecified atom stereocenters. The lowest BCUT2D eigenvalue weighted by molar-refractivity contribution is -0.117. The minimum Gasteiger partial charge on any atom is -0.321 e. The number of nitrogens with zero attached hydrogens (tertiary/aromatic N) is 2. The summed E-state index contributed by atoms with van der Waals surface area (Å²) >= 11 is 3.23. The van der Waals surface area contributed by atoms with Crippen molar-refractivity contribution in [3.05, 3.63) is 53.0 Å². The Labute approximate surface area is 119 Å². The third-order valence-corrected chi connectivity index (χ3v) is 3.19. The van der Waals surface area contributed by atoms with Gasteiger partial charge in [-0.15, -0.1) is 0 Å². The SMILES string of the molecule is N[C@H](Cc1ccccc1)C(=O)Nc1cncnc1Br. The normalized spacial score (nSPS) is 11.9. The van der Waals surface area contributed by atoms with E-state index in [0.29, 0.717) is 16.7 Å². The van der Waals surface area contributed by atoms with Gasteiger partial charge >= 0.3 is 0 Å². The van der Waals surface area contributed by atoms with Crippen molar-refractivity contribution < 1.29 is 4.79 Å². The molecular weight excluding hydrogens is 308 g/mol. The van der Waals surface area contributed by atoms with Crippen molar-refractivity contribution >= 4 is 27.5 Å². The van der Waals surface area contributed by atoms with E-state index in [-0.39, 0.29) is 5.91 Å². The molecule has 5 nitrogen and oxygen atoms in total. The van der Waals surface area contributed by atoms with Crippen LogP contribution < -0.4 is 11.1 Å². The summed E-state index contributed by atoms with van der Waals surface area (Å²) in [6, 6.07) is 9.02. The zero-order valence-corrected chi connectivity index (χ0v) is 11.7. The molecule has 0 radical (unpaired) electrons. The van der Waals surface area contributed by atoms with Crippen LogP contribution in [0.2, 0.25) is 0 Å². The van der Waals surface area contributed by atoms with Crippen LogP contribution in [0, 0.1) is 0 Å². The molecule has 1 aromatic heterocycles. The molecule has 2 rings (SSSR count). The van der Waals surface area contributed by atoms with Crippen molar-refractivity contribution in [2.24, 2.45) is 5.73 Å². The van der Waals surface area contributed by atoms with Crippen molar-refractivity contribution in [2.45, 2.75) is 12.5 Å². The van der Waals surface area contributed by atoms with E-state index in [1.165, 1.54) is 12.5 Å². The summed E-state index contributed by atoms with van der Waals surface area (Å²) in [5, 5.41) is 2.69. The van der Waals surface area contributed by atoms with Crippen molar-refractivity contribution in [2.75, 3.05) is 5.32 Å². The molecule has 3 N–H and O–H groups in total. The van der Waals surface area contributed by atoms with Gasteiger partial charge in [0.05, 0.1) is 17.9 Å². The second-order valence-corrected chi connectivity index (χ2v) is 4.76. The van der Waals surface area contributed by atoms with Crippen LogP contribution in [-0.2, 0) is 11.2 Å². The van der Waals surface area contributed by atoms with Crippen LogP contribution in [0.4, 0.5) is 5.69 Å². The molecule has 1 atom stereocenters. The molecule has 0 aliphatic carbocycles. The molecule has 6 heteroatoms. The van der Waals surface area contributed by atoms with Gasteiger partial charge in [-0.05, 0) is 27.9 Å². The number of halogens is 1. The number of hydrogen-bond donors (Lipinski definition) is 2. The third kappa shape index (κ3) is 3.84. The van der Waals surface area contributed by atoms with Crippen LogP contribution in [0.15, 0.2) is 47.5 Å². The van der Waals surface area contributed by atoms with Crippen LogP contribution in [0.5, 0.6) is 0 Å². The number of nitrogens with two attached hydrogens (primary N) is 1. The number of carbonyl (C=O) groups excluding carboxylic acids is 1. The Morgan fingerprint density at radius 1 is 1.37 bits per heavy atom. The lowest BCUT2D eigenvalue weighted by Crippen LogP contribution is -2.37. The van der Waals surface area contributed by atoms with E-state index >= 15 is 0 Å². The van der Waals surface area contributed by atoms with Crippen molar-refractivity contribution in [1.29, 1.82) is 0 Å². The van der Waals surface area contributed by atoms with Gasteiger partial charge in [-0.1, -0.05) is 30.3 Å². The molecule has 1 aromatic carbocycles. The molecule has 0 bridgehead atoms. The summed E-state index contributed by atoms with van der Waals surface area (Å²) in [4.78, 5) is 19.7. The van der Waals surface area contributed by atoms with Gasteiger partial charge in [0.15, 0.2) is 0 Å². The largest absolute Gasteiger partial charge is 0.321 e. The number of benzene rings is 1. The van der Waals surface area contributed by atoms with E-state index in [1.54, 1.807) is 0 Å². The van der Waals surface area contributed by atoms with E-state index in [2.05, 4.69) is 31.2 Å². The number of rotatable bonds is 4. The molecule has 0 saturated heterocycles. The molecule has 0 saturated carbocycles. The van der Waals surface area contributed by atoms with Crippen LogP contribution in [0.3, 0.4) is 0 Å². The smallest absolute Gasteiger partial charge is 0.241 e.